The zero-order valence-corrected chi connectivity index (χ0v) is 18.1. The van der Waals surface area contributed by atoms with Crippen LogP contribution >= 0.6 is 0 Å². The van der Waals surface area contributed by atoms with E-state index in [9.17, 15) is 14.4 Å². The number of rotatable bonds is 2. The fraction of sp³-hybridized carbons (Fsp3) is 0.375. The third kappa shape index (κ3) is 3.26. The third-order valence-electron chi connectivity index (χ3n) is 6.95. The molecule has 1 amide bonds. The average Bonchev–Trinajstić information content (AvgIpc) is 3.29. The Morgan fingerprint density at radius 1 is 1.06 bits per heavy atom. The molecule has 9 nitrogen and oxygen atoms in total. The second-order valence-corrected chi connectivity index (χ2v) is 8.99. The molecule has 2 N–H and O–H groups in total. The lowest BCUT2D eigenvalue weighted by Crippen LogP contribution is -2.40. The third-order valence-corrected chi connectivity index (χ3v) is 6.95. The SMILES string of the molecule is O=C(c1n[nH]c(=O)c2ccccc12)N1CCCC(c2cc3nc4c(c(=O)n3[nH]2)CCCC4)C1. The van der Waals surface area contributed by atoms with Gasteiger partial charge in [-0.2, -0.15) is 5.10 Å². The van der Waals surface area contributed by atoms with Crippen molar-refractivity contribution < 1.29 is 4.79 Å². The first-order chi connectivity index (χ1) is 16.1. The highest BCUT2D eigenvalue weighted by Gasteiger charge is 2.29. The Balaban J connectivity index is 1.32. The van der Waals surface area contributed by atoms with E-state index in [0.29, 0.717) is 29.5 Å². The molecule has 1 aliphatic carbocycles. The van der Waals surface area contributed by atoms with Gasteiger partial charge in [-0.25, -0.2) is 14.6 Å². The predicted molar refractivity (Wildman–Crippen MR) is 123 cm³/mol. The van der Waals surface area contributed by atoms with E-state index in [-0.39, 0.29) is 28.6 Å². The Bertz CT molecular complexity index is 1510. The van der Waals surface area contributed by atoms with E-state index in [1.807, 2.05) is 6.07 Å². The standard InChI is InChI=1S/C24H24N6O3/c31-22-16-8-2-1-7-15(16)21(26-27-22)24(33)29-11-5-6-14(13-29)19-12-20-25-18-10-4-3-9-17(18)23(32)30(20)28-19/h1-2,7-8,12,14,28H,3-6,9-11,13H2,(H,27,31). The van der Waals surface area contributed by atoms with Gasteiger partial charge in [-0.15, -0.1) is 0 Å². The number of hydrogen-bond donors (Lipinski definition) is 2. The minimum atomic E-state index is -0.308. The maximum atomic E-state index is 13.4. The maximum Gasteiger partial charge on any atom is 0.276 e. The number of aryl methyl sites for hydroxylation is 1. The molecule has 3 aromatic heterocycles. The summed E-state index contributed by atoms with van der Waals surface area (Å²) in [6, 6.07) is 8.97. The molecule has 0 bridgehead atoms. The Hall–Kier alpha value is -3.75. The number of likely N-dealkylation sites (tertiary alicyclic amines) is 1. The van der Waals surface area contributed by atoms with Gasteiger partial charge in [0.05, 0.1) is 11.1 Å². The number of carbonyl (C=O) groups excluding carboxylic acids is 1. The molecule has 0 spiro atoms. The molecule has 168 valence electrons. The van der Waals surface area contributed by atoms with Crippen LogP contribution < -0.4 is 11.1 Å². The van der Waals surface area contributed by atoms with Crippen molar-refractivity contribution in [3.05, 3.63) is 73.7 Å². The lowest BCUT2D eigenvalue weighted by molar-refractivity contribution is 0.0701. The average molecular weight is 444 g/mol. The Morgan fingerprint density at radius 2 is 1.88 bits per heavy atom. The zero-order valence-electron chi connectivity index (χ0n) is 18.1. The van der Waals surface area contributed by atoms with Crippen molar-refractivity contribution in [2.75, 3.05) is 13.1 Å². The number of nitrogens with one attached hydrogen (secondary N) is 2. The number of carbonyl (C=O) groups is 1. The number of nitrogens with zero attached hydrogens (tertiary/aromatic N) is 4. The highest BCUT2D eigenvalue weighted by molar-refractivity contribution is 6.04. The van der Waals surface area contributed by atoms with Crippen LogP contribution in [0.5, 0.6) is 0 Å². The van der Waals surface area contributed by atoms with Crippen molar-refractivity contribution in [1.82, 2.24) is 29.7 Å². The second-order valence-electron chi connectivity index (χ2n) is 8.99. The van der Waals surface area contributed by atoms with Gasteiger partial charge in [0.1, 0.15) is 0 Å². The molecule has 9 heteroatoms. The molecule has 6 rings (SSSR count). The zero-order chi connectivity index (χ0) is 22.5. The van der Waals surface area contributed by atoms with E-state index in [1.165, 1.54) is 0 Å². The van der Waals surface area contributed by atoms with Crippen LogP contribution in [0, 0.1) is 0 Å². The molecule has 1 unspecified atom stereocenters. The van der Waals surface area contributed by atoms with Gasteiger partial charge in [0.2, 0.25) is 0 Å². The van der Waals surface area contributed by atoms with Crippen LogP contribution in [0.1, 0.15) is 59.0 Å². The van der Waals surface area contributed by atoms with Crippen molar-refractivity contribution in [1.29, 1.82) is 0 Å². The summed E-state index contributed by atoms with van der Waals surface area (Å²) < 4.78 is 1.55. The van der Waals surface area contributed by atoms with E-state index in [4.69, 9.17) is 4.98 Å². The van der Waals surface area contributed by atoms with Gasteiger partial charge >= 0.3 is 0 Å². The number of H-pyrrole nitrogens is 2. The summed E-state index contributed by atoms with van der Waals surface area (Å²) >= 11 is 0. The summed E-state index contributed by atoms with van der Waals surface area (Å²) in [7, 11) is 0. The summed E-state index contributed by atoms with van der Waals surface area (Å²) in [6.07, 6.45) is 5.48. The molecule has 1 saturated heterocycles. The molecule has 0 saturated carbocycles. The summed E-state index contributed by atoms with van der Waals surface area (Å²) in [5.41, 5.74) is 3.25. The van der Waals surface area contributed by atoms with Crippen molar-refractivity contribution >= 4 is 22.3 Å². The fourth-order valence-corrected chi connectivity index (χ4v) is 5.23. The first kappa shape index (κ1) is 19.9. The lowest BCUT2D eigenvalue weighted by atomic mass is 9.94. The van der Waals surface area contributed by atoms with Crippen molar-refractivity contribution in [2.45, 2.75) is 44.4 Å². The number of hydrogen-bond acceptors (Lipinski definition) is 5. The highest BCUT2D eigenvalue weighted by atomic mass is 16.2. The Morgan fingerprint density at radius 3 is 2.76 bits per heavy atom. The molecule has 33 heavy (non-hydrogen) atoms. The van der Waals surface area contributed by atoms with Crippen LogP contribution in [-0.4, -0.2) is 48.7 Å². The molecule has 1 aliphatic heterocycles. The van der Waals surface area contributed by atoms with Crippen molar-refractivity contribution in [2.24, 2.45) is 0 Å². The number of fused-ring (bicyclic) bond motifs is 3. The van der Waals surface area contributed by atoms with Gasteiger partial charge in [0, 0.05) is 41.7 Å². The highest BCUT2D eigenvalue weighted by Crippen LogP contribution is 2.28. The van der Waals surface area contributed by atoms with Gasteiger partial charge in [0.15, 0.2) is 11.3 Å². The van der Waals surface area contributed by atoms with Crippen LogP contribution in [-0.2, 0) is 12.8 Å². The Labute approximate surface area is 188 Å². The normalized spacial score (nSPS) is 18.5. The lowest BCUT2D eigenvalue weighted by Gasteiger charge is -2.32. The van der Waals surface area contributed by atoms with Gasteiger partial charge in [-0.1, -0.05) is 18.2 Å². The van der Waals surface area contributed by atoms with Gasteiger partial charge in [-0.3, -0.25) is 19.5 Å². The molecular formula is C24H24N6O3. The van der Waals surface area contributed by atoms with Crippen LogP contribution in [0.15, 0.2) is 39.9 Å². The van der Waals surface area contributed by atoms with E-state index in [2.05, 4.69) is 15.3 Å². The second kappa shape index (κ2) is 7.68. The fourth-order valence-electron chi connectivity index (χ4n) is 5.23. The quantitative estimate of drug-likeness (QED) is 0.492. The smallest absolute Gasteiger partial charge is 0.276 e. The number of aromatic amines is 2. The molecule has 4 aromatic rings. The summed E-state index contributed by atoms with van der Waals surface area (Å²) in [6.45, 7) is 1.13. The summed E-state index contributed by atoms with van der Waals surface area (Å²) in [5.74, 6) is -0.135. The molecule has 1 fully saturated rings. The van der Waals surface area contributed by atoms with E-state index in [1.54, 1.807) is 33.7 Å². The largest absolute Gasteiger partial charge is 0.337 e. The minimum absolute atomic E-state index is 0.00592. The van der Waals surface area contributed by atoms with Crippen LogP contribution in [0.4, 0.5) is 0 Å². The van der Waals surface area contributed by atoms with E-state index < -0.39 is 0 Å². The number of benzene rings is 1. The first-order valence-electron chi connectivity index (χ1n) is 11.5. The first-order valence-corrected chi connectivity index (χ1v) is 11.5. The predicted octanol–water partition coefficient (Wildman–Crippen LogP) is 2.16. The van der Waals surface area contributed by atoms with Crippen LogP contribution in [0.3, 0.4) is 0 Å². The van der Waals surface area contributed by atoms with Crippen LogP contribution in [0.2, 0.25) is 0 Å². The number of piperidine rings is 1. The Kier molecular flexibility index (Phi) is 4.63. The van der Waals surface area contributed by atoms with E-state index in [0.717, 1.165) is 55.5 Å². The molecule has 0 radical (unpaired) electrons. The van der Waals surface area contributed by atoms with E-state index >= 15 is 0 Å². The monoisotopic (exact) mass is 444 g/mol. The van der Waals surface area contributed by atoms with Crippen LogP contribution in [0.25, 0.3) is 16.4 Å². The molecule has 2 aliphatic rings. The number of aromatic nitrogens is 5. The molecule has 4 heterocycles. The number of amides is 1. The van der Waals surface area contributed by atoms with Gasteiger partial charge < -0.3 is 4.90 Å². The summed E-state index contributed by atoms with van der Waals surface area (Å²) in [5, 5.41) is 10.8. The molecular weight excluding hydrogens is 420 g/mol. The molecule has 1 atom stereocenters. The molecule has 1 aromatic carbocycles. The van der Waals surface area contributed by atoms with Gasteiger partial charge in [0.25, 0.3) is 17.0 Å². The summed E-state index contributed by atoms with van der Waals surface area (Å²) in [4.78, 5) is 45.0. The maximum absolute atomic E-state index is 13.4. The van der Waals surface area contributed by atoms with Gasteiger partial charge in [-0.05, 0) is 44.6 Å². The van der Waals surface area contributed by atoms with Crippen molar-refractivity contribution in [3.8, 4) is 0 Å². The minimum Gasteiger partial charge on any atom is -0.337 e. The van der Waals surface area contributed by atoms with Crippen molar-refractivity contribution in [3.63, 3.8) is 0 Å². The topological polar surface area (TPSA) is 116 Å².